The van der Waals surface area contributed by atoms with Crippen molar-refractivity contribution < 1.29 is 44.1 Å². The summed E-state index contributed by atoms with van der Waals surface area (Å²) < 4.78 is 0. The maximum atomic E-state index is 12.0. The number of nitrogens with two attached hydrogens (primary N) is 1. The second-order valence-corrected chi connectivity index (χ2v) is 5.59. The number of carboxylic acids is 3. The molecule has 0 aromatic carbocycles. The summed E-state index contributed by atoms with van der Waals surface area (Å²) >= 11 is 3.74. The Morgan fingerprint density at radius 3 is 1.85 bits per heavy atom. The number of hydrogen-bond donors (Lipinski definition) is 8. The van der Waals surface area contributed by atoms with Gasteiger partial charge in [0.05, 0.1) is 25.4 Å². The standard InChI is InChI=1S/C13H20N4O9S/c14-5(1-9(19)20)11(23)17-6(2-10(21)22)12(24)15-3-8(18)16-7(4-27)13(25)26/h5-7,27H,1-4,14H2,(H,15,24)(H,16,18)(H,17,23)(H,19,20)(H,21,22)(H,25,26). The van der Waals surface area contributed by atoms with E-state index in [1.54, 1.807) is 0 Å². The Kier molecular flexibility index (Phi) is 10.4. The molecule has 0 aromatic heterocycles. The molecule has 0 saturated heterocycles. The molecule has 0 fully saturated rings. The summed E-state index contributed by atoms with van der Waals surface area (Å²) in [5.74, 6) is -7.36. The van der Waals surface area contributed by atoms with E-state index in [0.717, 1.165) is 0 Å². The number of hydrogen-bond acceptors (Lipinski definition) is 8. The molecule has 3 amide bonds. The normalized spacial score (nSPS) is 13.6. The highest BCUT2D eigenvalue weighted by molar-refractivity contribution is 7.80. The Morgan fingerprint density at radius 1 is 0.852 bits per heavy atom. The molecule has 0 heterocycles. The first-order valence-electron chi connectivity index (χ1n) is 7.38. The van der Waals surface area contributed by atoms with Gasteiger partial charge in [0.25, 0.3) is 0 Å². The van der Waals surface area contributed by atoms with E-state index in [2.05, 4.69) is 17.9 Å². The van der Waals surface area contributed by atoms with E-state index in [0.29, 0.717) is 0 Å². The molecule has 152 valence electrons. The van der Waals surface area contributed by atoms with Crippen LogP contribution in [-0.2, 0) is 28.8 Å². The average molecular weight is 408 g/mol. The van der Waals surface area contributed by atoms with Crippen LogP contribution in [0.25, 0.3) is 0 Å². The lowest BCUT2D eigenvalue weighted by molar-refractivity contribution is -0.142. The van der Waals surface area contributed by atoms with Gasteiger partial charge in [-0.05, 0) is 0 Å². The van der Waals surface area contributed by atoms with E-state index in [9.17, 15) is 28.8 Å². The van der Waals surface area contributed by atoms with Crippen molar-refractivity contribution in [2.45, 2.75) is 31.0 Å². The first-order chi connectivity index (χ1) is 12.5. The molecule has 27 heavy (non-hydrogen) atoms. The van der Waals surface area contributed by atoms with Crippen molar-refractivity contribution in [2.75, 3.05) is 12.3 Å². The molecule has 0 aliphatic rings. The Balaban J connectivity index is 4.80. The SMILES string of the molecule is NC(CC(=O)O)C(=O)NC(CC(=O)O)C(=O)NCC(=O)NC(CS)C(=O)O. The monoisotopic (exact) mass is 408 g/mol. The highest BCUT2D eigenvalue weighted by atomic mass is 32.1. The van der Waals surface area contributed by atoms with Crippen molar-refractivity contribution in [1.29, 1.82) is 0 Å². The zero-order chi connectivity index (χ0) is 21.1. The fourth-order valence-electron chi connectivity index (χ4n) is 1.66. The van der Waals surface area contributed by atoms with E-state index in [1.807, 2.05) is 10.6 Å². The summed E-state index contributed by atoms with van der Waals surface area (Å²) in [6.45, 7) is -0.691. The van der Waals surface area contributed by atoms with Crippen LogP contribution in [0.3, 0.4) is 0 Å². The quantitative estimate of drug-likeness (QED) is 0.148. The van der Waals surface area contributed by atoms with Crippen molar-refractivity contribution in [3.05, 3.63) is 0 Å². The van der Waals surface area contributed by atoms with Crippen molar-refractivity contribution in [2.24, 2.45) is 5.73 Å². The Labute approximate surface area is 158 Å². The number of carbonyl (C=O) groups is 6. The molecule has 14 heteroatoms. The zero-order valence-corrected chi connectivity index (χ0v) is 14.8. The maximum Gasteiger partial charge on any atom is 0.327 e. The number of aliphatic carboxylic acids is 3. The molecule has 0 spiro atoms. The van der Waals surface area contributed by atoms with E-state index in [-0.39, 0.29) is 5.75 Å². The van der Waals surface area contributed by atoms with E-state index in [1.165, 1.54) is 0 Å². The Bertz CT molecular complexity index is 613. The summed E-state index contributed by atoms with van der Waals surface area (Å²) in [6.07, 6.45) is -1.59. The van der Waals surface area contributed by atoms with Gasteiger partial charge in [-0.25, -0.2) is 4.79 Å². The first-order valence-corrected chi connectivity index (χ1v) is 8.01. The maximum absolute atomic E-state index is 12.0. The van der Waals surface area contributed by atoms with Gasteiger partial charge in [0.2, 0.25) is 17.7 Å². The van der Waals surface area contributed by atoms with Crippen molar-refractivity contribution in [1.82, 2.24) is 16.0 Å². The van der Waals surface area contributed by atoms with Crippen LogP contribution in [0, 0.1) is 0 Å². The van der Waals surface area contributed by atoms with Crippen LogP contribution in [0.4, 0.5) is 0 Å². The third-order valence-corrected chi connectivity index (χ3v) is 3.35. The van der Waals surface area contributed by atoms with Gasteiger partial charge in [-0.3, -0.25) is 24.0 Å². The number of nitrogens with one attached hydrogen (secondary N) is 3. The second-order valence-electron chi connectivity index (χ2n) is 5.22. The van der Waals surface area contributed by atoms with E-state index in [4.69, 9.17) is 21.1 Å². The molecule has 13 nitrogen and oxygen atoms in total. The van der Waals surface area contributed by atoms with Crippen LogP contribution in [-0.4, -0.2) is 81.4 Å². The number of thiol groups is 1. The minimum atomic E-state index is -1.62. The number of carbonyl (C=O) groups excluding carboxylic acids is 3. The highest BCUT2D eigenvalue weighted by Crippen LogP contribution is 1.97. The van der Waals surface area contributed by atoms with E-state index < -0.39 is 73.1 Å². The van der Waals surface area contributed by atoms with Crippen LogP contribution in [0.15, 0.2) is 0 Å². The molecule has 0 radical (unpaired) electrons. The lowest BCUT2D eigenvalue weighted by atomic mass is 10.1. The third-order valence-electron chi connectivity index (χ3n) is 2.98. The molecular weight excluding hydrogens is 388 g/mol. The predicted octanol–water partition coefficient (Wildman–Crippen LogP) is -3.64. The minimum absolute atomic E-state index is 0.200. The van der Waals surface area contributed by atoms with Crippen molar-refractivity contribution in [3.8, 4) is 0 Å². The number of rotatable bonds is 12. The molecule has 0 saturated carbocycles. The smallest absolute Gasteiger partial charge is 0.327 e. The number of amides is 3. The van der Waals surface area contributed by atoms with Gasteiger partial charge < -0.3 is 37.0 Å². The molecule has 8 N–H and O–H groups in total. The third kappa shape index (κ3) is 10.0. The number of carboxylic acid groups (broad SMARTS) is 3. The lowest BCUT2D eigenvalue weighted by Crippen LogP contribution is -2.54. The molecule has 3 unspecified atom stereocenters. The Hall–Kier alpha value is -2.87. The summed E-state index contributed by atoms with van der Waals surface area (Å²) in [6, 6.07) is -4.43. The highest BCUT2D eigenvalue weighted by Gasteiger charge is 2.27. The molecule has 0 aromatic rings. The summed E-state index contributed by atoms with van der Waals surface area (Å²) in [5.41, 5.74) is 5.32. The molecule has 3 atom stereocenters. The van der Waals surface area contributed by atoms with Crippen molar-refractivity contribution in [3.63, 3.8) is 0 Å². The molecule has 0 aliphatic carbocycles. The van der Waals surface area contributed by atoms with Crippen LogP contribution >= 0.6 is 12.6 Å². The molecule has 0 rings (SSSR count). The second kappa shape index (κ2) is 11.7. The Morgan fingerprint density at radius 2 is 1.41 bits per heavy atom. The summed E-state index contributed by atoms with van der Waals surface area (Å²) in [4.78, 5) is 67.5. The lowest BCUT2D eigenvalue weighted by Gasteiger charge is -2.19. The van der Waals surface area contributed by atoms with Crippen LogP contribution in [0.1, 0.15) is 12.8 Å². The molecule has 0 bridgehead atoms. The first kappa shape index (κ1) is 24.1. The fourth-order valence-corrected chi connectivity index (χ4v) is 1.91. The van der Waals surface area contributed by atoms with Crippen LogP contribution in [0.5, 0.6) is 0 Å². The summed E-state index contributed by atoms with van der Waals surface area (Å²) in [5, 5.41) is 32.3. The van der Waals surface area contributed by atoms with Crippen LogP contribution in [0.2, 0.25) is 0 Å². The summed E-state index contributed by atoms with van der Waals surface area (Å²) in [7, 11) is 0. The van der Waals surface area contributed by atoms with Gasteiger partial charge in [-0.1, -0.05) is 0 Å². The topological polar surface area (TPSA) is 225 Å². The van der Waals surface area contributed by atoms with Gasteiger partial charge in [0.15, 0.2) is 0 Å². The van der Waals surface area contributed by atoms with Gasteiger partial charge in [0.1, 0.15) is 12.1 Å². The van der Waals surface area contributed by atoms with Crippen molar-refractivity contribution >= 4 is 48.3 Å². The predicted molar refractivity (Wildman–Crippen MR) is 90.8 cm³/mol. The van der Waals surface area contributed by atoms with E-state index >= 15 is 0 Å². The minimum Gasteiger partial charge on any atom is -0.481 e. The fraction of sp³-hybridized carbons (Fsp3) is 0.538. The van der Waals surface area contributed by atoms with Gasteiger partial charge in [-0.15, -0.1) is 0 Å². The van der Waals surface area contributed by atoms with Gasteiger partial charge >= 0.3 is 17.9 Å². The van der Waals surface area contributed by atoms with Gasteiger partial charge in [-0.2, -0.15) is 12.6 Å². The largest absolute Gasteiger partial charge is 0.481 e. The van der Waals surface area contributed by atoms with Gasteiger partial charge in [0, 0.05) is 5.75 Å². The van der Waals surface area contributed by atoms with Crippen LogP contribution < -0.4 is 21.7 Å². The average Bonchev–Trinajstić information content (AvgIpc) is 2.55. The zero-order valence-electron chi connectivity index (χ0n) is 13.9. The molecular formula is C13H20N4O9S. The molecule has 0 aliphatic heterocycles.